The lowest BCUT2D eigenvalue weighted by molar-refractivity contribution is 0.430. The van der Waals surface area contributed by atoms with E-state index in [9.17, 15) is 0 Å². The largest absolute Gasteiger partial charge is 0.358 e. The fraction of sp³-hybridized carbons (Fsp3) is 0.500. The minimum atomic E-state index is -0.348. The van der Waals surface area contributed by atoms with Crippen LogP contribution < -0.4 is 5.73 Å². The summed E-state index contributed by atoms with van der Waals surface area (Å²) in [5.74, 6) is 8.06. The molecule has 2 aromatic rings. The average molecular weight is 558 g/mol. The molecule has 1 aromatic carbocycles. The summed E-state index contributed by atoms with van der Waals surface area (Å²) in [5, 5.41) is 1.33. The summed E-state index contributed by atoms with van der Waals surface area (Å²) in [4.78, 5) is 3.57. The van der Waals surface area contributed by atoms with Crippen molar-refractivity contribution >= 4 is 42.8 Å². The van der Waals surface area contributed by atoms with Gasteiger partial charge in [-0.15, -0.1) is 0 Å². The Morgan fingerprint density at radius 1 is 0.938 bits per heavy atom. The Kier molecular flexibility index (Phi) is 8.38. The molecule has 1 aromatic heterocycles. The molecule has 2 nitrogen and oxygen atoms in total. The quantitative estimate of drug-likeness (QED) is 0.269. The number of aromatic amines is 1. The number of halogens is 2. The first-order chi connectivity index (χ1) is 15.5. The zero-order valence-electron chi connectivity index (χ0n) is 18.8. The molecule has 0 saturated heterocycles. The lowest BCUT2D eigenvalue weighted by atomic mass is 9.87. The van der Waals surface area contributed by atoms with Gasteiger partial charge in [-0.25, -0.2) is 0 Å². The Morgan fingerprint density at radius 2 is 1.66 bits per heavy atom. The number of hydrogen-bond donors (Lipinski definition) is 2. The highest BCUT2D eigenvalue weighted by Crippen LogP contribution is 2.34. The van der Waals surface area contributed by atoms with Crippen LogP contribution in [0.1, 0.15) is 75.8 Å². The molecule has 3 N–H and O–H groups in total. The zero-order chi connectivity index (χ0) is 22.4. The molecule has 32 heavy (non-hydrogen) atoms. The molecule has 4 heteroatoms. The molecule has 3 aliphatic carbocycles. The predicted molar refractivity (Wildman–Crippen MR) is 144 cm³/mol. The maximum absolute atomic E-state index is 6.04. The van der Waals surface area contributed by atoms with Gasteiger partial charge in [-0.1, -0.05) is 107 Å². The van der Waals surface area contributed by atoms with E-state index in [2.05, 4.69) is 73.0 Å². The molecule has 5 rings (SSSR count). The number of nitrogens with one attached hydrogen (secondary N) is 1. The van der Waals surface area contributed by atoms with Gasteiger partial charge in [0.2, 0.25) is 0 Å². The van der Waals surface area contributed by atoms with E-state index in [1.165, 1.54) is 80.8 Å². The van der Waals surface area contributed by atoms with Gasteiger partial charge < -0.3 is 10.7 Å². The van der Waals surface area contributed by atoms with Crippen molar-refractivity contribution in [2.75, 3.05) is 0 Å². The number of benzene rings is 1. The van der Waals surface area contributed by atoms with E-state index in [0.717, 1.165) is 10.4 Å². The molecule has 170 valence electrons. The van der Waals surface area contributed by atoms with Crippen LogP contribution in [0.5, 0.6) is 0 Å². The first-order valence-electron chi connectivity index (χ1n) is 12.1. The second kappa shape index (κ2) is 11.2. The number of rotatable bonds is 1. The Balaban J connectivity index is 0.000000153. The minimum absolute atomic E-state index is 0.0476. The number of aromatic nitrogens is 1. The van der Waals surface area contributed by atoms with Gasteiger partial charge in [-0.2, -0.15) is 0 Å². The smallest absolute Gasteiger partial charge is 0.123 e. The third-order valence-corrected chi connectivity index (χ3v) is 8.46. The van der Waals surface area contributed by atoms with E-state index in [4.69, 9.17) is 5.73 Å². The van der Waals surface area contributed by atoms with Crippen LogP contribution in [0.4, 0.5) is 0 Å². The standard InChI is InChI=1S/C14H16BrN.C14H18BrN/c15-12-6-7-13-11(8-12)9-14(16-13)10-4-2-1-3-5-10;15-14(10-5-4-8-13(14)16)11-9-12-6-2-1-3-7-12/h6-10,16H,1-5H2;4-5,8,10,12-13H,1-3,6-7,16H2. The van der Waals surface area contributed by atoms with Crippen molar-refractivity contribution in [2.24, 2.45) is 11.7 Å². The van der Waals surface area contributed by atoms with Gasteiger partial charge in [-0.3, -0.25) is 0 Å². The van der Waals surface area contributed by atoms with Gasteiger partial charge in [0.05, 0.1) is 6.04 Å². The van der Waals surface area contributed by atoms with Gasteiger partial charge in [0.25, 0.3) is 0 Å². The summed E-state index contributed by atoms with van der Waals surface area (Å²) < 4.78 is 0.813. The summed E-state index contributed by atoms with van der Waals surface area (Å²) in [6, 6.07) is 8.73. The molecular formula is C28H34Br2N2. The molecule has 2 unspecified atom stereocenters. The van der Waals surface area contributed by atoms with Crippen molar-refractivity contribution in [3.8, 4) is 11.8 Å². The van der Waals surface area contributed by atoms with Crippen molar-refractivity contribution in [1.29, 1.82) is 0 Å². The first kappa shape index (κ1) is 23.9. The fourth-order valence-corrected chi connectivity index (χ4v) is 5.77. The minimum Gasteiger partial charge on any atom is -0.358 e. The molecular weight excluding hydrogens is 524 g/mol. The zero-order valence-corrected chi connectivity index (χ0v) is 21.9. The Hall–Kier alpha value is -1.28. The average Bonchev–Trinajstić information content (AvgIpc) is 3.25. The topological polar surface area (TPSA) is 41.8 Å². The summed E-state index contributed by atoms with van der Waals surface area (Å²) >= 11 is 7.18. The van der Waals surface area contributed by atoms with Crippen LogP contribution in [-0.2, 0) is 0 Å². The third-order valence-electron chi connectivity index (χ3n) is 6.98. The molecule has 1 heterocycles. The number of alkyl halides is 1. The molecule has 0 bridgehead atoms. The number of nitrogens with two attached hydrogens (primary N) is 1. The first-order valence-corrected chi connectivity index (χ1v) is 13.7. The molecule has 0 aliphatic heterocycles. The number of H-pyrrole nitrogens is 1. The van der Waals surface area contributed by atoms with Gasteiger partial charge in [0, 0.05) is 27.0 Å². The fourth-order valence-electron chi connectivity index (χ4n) is 4.97. The SMILES string of the molecule is Brc1ccc2[nH]c(C3CCCCC3)cc2c1.NC1C=CC=CC1(Br)C#CC1CCCCC1. The van der Waals surface area contributed by atoms with Gasteiger partial charge in [0.1, 0.15) is 4.32 Å². The summed E-state index contributed by atoms with van der Waals surface area (Å²) in [7, 11) is 0. The number of hydrogen-bond acceptors (Lipinski definition) is 1. The van der Waals surface area contributed by atoms with Gasteiger partial charge >= 0.3 is 0 Å². The maximum Gasteiger partial charge on any atom is 0.123 e. The summed E-state index contributed by atoms with van der Waals surface area (Å²) in [5.41, 5.74) is 8.75. The van der Waals surface area contributed by atoms with E-state index < -0.39 is 0 Å². The van der Waals surface area contributed by atoms with Crippen LogP contribution in [0.15, 0.2) is 53.0 Å². The molecule has 0 radical (unpaired) electrons. The second-order valence-electron chi connectivity index (χ2n) is 9.43. The summed E-state index contributed by atoms with van der Waals surface area (Å²) in [6.07, 6.45) is 21.5. The predicted octanol–water partition coefficient (Wildman–Crippen LogP) is 8.14. The van der Waals surface area contributed by atoms with Crippen molar-refractivity contribution in [3.05, 3.63) is 58.7 Å². The van der Waals surface area contributed by atoms with Crippen LogP contribution in [0, 0.1) is 17.8 Å². The highest BCUT2D eigenvalue weighted by atomic mass is 79.9. The van der Waals surface area contributed by atoms with E-state index in [1.54, 1.807) is 0 Å². The van der Waals surface area contributed by atoms with Crippen molar-refractivity contribution < 1.29 is 0 Å². The van der Waals surface area contributed by atoms with E-state index in [-0.39, 0.29) is 10.4 Å². The molecule has 2 fully saturated rings. The van der Waals surface area contributed by atoms with Crippen LogP contribution in [0.2, 0.25) is 0 Å². The summed E-state index contributed by atoms with van der Waals surface area (Å²) in [6.45, 7) is 0. The van der Waals surface area contributed by atoms with Crippen LogP contribution in [-0.4, -0.2) is 15.4 Å². The molecule has 2 atom stereocenters. The second-order valence-corrected chi connectivity index (χ2v) is 11.7. The van der Waals surface area contributed by atoms with Crippen LogP contribution in [0.3, 0.4) is 0 Å². The van der Waals surface area contributed by atoms with Crippen LogP contribution >= 0.6 is 31.9 Å². The number of allylic oxidation sites excluding steroid dienone is 2. The highest BCUT2D eigenvalue weighted by Gasteiger charge is 2.29. The van der Waals surface area contributed by atoms with Crippen molar-refractivity contribution in [3.63, 3.8) is 0 Å². The third kappa shape index (κ3) is 6.19. The Labute approximate surface area is 209 Å². The lowest BCUT2D eigenvalue weighted by Gasteiger charge is -2.25. The molecule has 3 aliphatic rings. The van der Waals surface area contributed by atoms with Gasteiger partial charge in [-0.05, 0) is 55.9 Å². The highest BCUT2D eigenvalue weighted by molar-refractivity contribution is 9.10. The van der Waals surface area contributed by atoms with Crippen molar-refractivity contribution in [2.45, 2.75) is 80.5 Å². The molecule has 0 spiro atoms. The monoisotopic (exact) mass is 556 g/mol. The Morgan fingerprint density at radius 3 is 2.38 bits per heavy atom. The maximum atomic E-state index is 6.04. The Bertz CT molecular complexity index is 1010. The van der Waals surface area contributed by atoms with Crippen molar-refractivity contribution in [1.82, 2.24) is 4.98 Å². The van der Waals surface area contributed by atoms with E-state index in [1.807, 2.05) is 24.3 Å². The van der Waals surface area contributed by atoms with E-state index in [0.29, 0.717) is 5.92 Å². The number of fused-ring (bicyclic) bond motifs is 1. The molecule has 0 amide bonds. The van der Waals surface area contributed by atoms with E-state index >= 15 is 0 Å². The normalized spacial score (nSPS) is 26.3. The van der Waals surface area contributed by atoms with Gasteiger partial charge in [0.15, 0.2) is 0 Å². The molecule has 2 saturated carbocycles. The lowest BCUT2D eigenvalue weighted by Crippen LogP contribution is -2.40. The van der Waals surface area contributed by atoms with Crippen LogP contribution in [0.25, 0.3) is 10.9 Å².